The van der Waals surface area contributed by atoms with Gasteiger partial charge in [-0.05, 0) is 86.1 Å². The van der Waals surface area contributed by atoms with Gasteiger partial charge in [0, 0.05) is 37.1 Å². The van der Waals surface area contributed by atoms with Crippen molar-refractivity contribution in [1.29, 1.82) is 0 Å². The molecule has 0 aliphatic carbocycles. The van der Waals surface area contributed by atoms with Gasteiger partial charge in [-0.3, -0.25) is 9.89 Å². The largest absolute Gasteiger partial charge is 0.508 e. The number of hydrogen-bond acceptors (Lipinski definition) is 3. The fourth-order valence-corrected chi connectivity index (χ4v) is 4.86. The number of aryl methyl sites for hydroxylation is 3. The summed E-state index contributed by atoms with van der Waals surface area (Å²) in [6, 6.07) is 10.6. The highest BCUT2D eigenvalue weighted by Crippen LogP contribution is 2.35. The molecule has 0 saturated carbocycles. The third kappa shape index (κ3) is 7.38. The SMILES string of the molecule is C.C=C(C)N(C(=NC)c1ccc(O)c(CC)c1)c1cc(CCC)c(N(CCC)CCC)cc1CCC. The van der Waals surface area contributed by atoms with E-state index in [1.165, 1.54) is 22.5 Å². The lowest BCUT2D eigenvalue weighted by Gasteiger charge is -2.33. The van der Waals surface area contributed by atoms with Crippen molar-refractivity contribution in [2.24, 2.45) is 4.99 Å². The van der Waals surface area contributed by atoms with Crippen LogP contribution in [-0.4, -0.2) is 31.1 Å². The number of hydrogen-bond donors (Lipinski definition) is 1. The molecule has 0 radical (unpaired) electrons. The van der Waals surface area contributed by atoms with E-state index in [1.54, 1.807) is 6.07 Å². The Morgan fingerprint density at radius 3 is 1.86 bits per heavy atom. The Morgan fingerprint density at radius 1 is 0.833 bits per heavy atom. The number of phenolic OH excluding ortho intramolecular Hbond substituents is 1. The fourth-order valence-electron chi connectivity index (χ4n) is 4.86. The number of aliphatic imine (C=N–C) groups is 1. The fraction of sp³-hybridized carbons (Fsp3) is 0.531. The molecule has 0 unspecified atom stereocenters. The summed E-state index contributed by atoms with van der Waals surface area (Å²) in [5.74, 6) is 1.19. The highest BCUT2D eigenvalue weighted by molar-refractivity contribution is 6.12. The van der Waals surface area contributed by atoms with Crippen LogP contribution in [0.25, 0.3) is 0 Å². The minimum Gasteiger partial charge on any atom is -0.508 e. The number of aromatic hydroxyl groups is 1. The number of nitrogens with zero attached hydrogens (tertiary/aromatic N) is 3. The quantitative estimate of drug-likeness (QED) is 0.224. The first-order chi connectivity index (χ1) is 16.9. The van der Waals surface area contributed by atoms with Gasteiger partial charge in [0.15, 0.2) is 0 Å². The average molecular weight is 494 g/mol. The summed E-state index contributed by atoms with van der Waals surface area (Å²) in [5.41, 5.74) is 8.14. The van der Waals surface area contributed by atoms with Gasteiger partial charge in [0.1, 0.15) is 11.6 Å². The van der Waals surface area contributed by atoms with Crippen molar-refractivity contribution in [2.45, 2.75) is 93.9 Å². The van der Waals surface area contributed by atoms with E-state index in [0.29, 0.717) is 5.75 Å². The van der Waals surface area contributed by atoms with Crippen LogP contribution >= 0.6 is 0 Å². The first kappa shape index (κ1) is 31.3. The molecule has 0 bridgehead atoms. The van der Waals surface area contributed by atoms with E-state index in [0.717, 1.165) is 80.7 Å². The van der Waals surface area contributed by atoms with Gasteiger partial charge in [0.2, 0.25) is 0 Å². The Bertz CT molecular complexity index is 1000. The number of anilines is 2. The first-order valence-electron chi connectivity index (χ1n) is 13.5. The molecule has 0 aliphatic rings. The standard InChI is InChI=1S/C31H47N3O.CH4/c1-9-14-25-22-29(26(15-10-2)21-28(25)33(18-11-3)19-12-4)34(23(6)7)31(32-8)27-16-17-30(35)24(13-5)20-27;/h16-17,20-22,35H,6,9-15,18-19H2,1-5,7-8H3;1H4. The lowest BCUT2D eigenvalue weighted by molar-refractivity contribution is 0.469. The van der Waals surface area contributed by atoms with Crippen LogP contribution in [0, 0.1) is 0 Å². The molecule has 36 heavy (non-hydrogen) atoms. The molecule has 0 amide bonds. The van der Waals surface area contributed by atoms with Crippen LogP contribution in [-0.2, 0) is 19.3 Å². The highest BCUT2D eigenvalue weighted by atomic mass is 16.3. The van der Waals surface area contributed by atoms with E-state index in [4.69, 9.17) is 4.99 Å². The van der Waals surface area contributed by atoms with Crippen LogP contribution < -0.4 is 9.80 Å². The third-order valence-corrected chi connectivity index (χ3v) is 6.41. The van der Waals surface area contributed by atoms with Gasteiger partial charge in [0.25, 0.3) is 0 Å². The first-order valence-corrected chi connectivity index (χ1v) is 13.5. The van der Waals surface area contributed by atoms with Gasteiger partial charge in [-0.15, -0.1) is 0 Å². The molecule has 4 nitrogen and oxygen atoms in total. The summed E-state index contributed by atoms with van der Waals surface area (Å²) in [4.78, 5) is 9.53. The average Bonchev–Trinajstić information content (AvgIpc) is 2.84. The summed E-state index contributed by atoms with van der Waals surface area (Å²) >= 11 is 0. The summed E-state index contributed by atoms with van der Waals surface area (Å²) < 4.78 is 0. The van der Waals surface area contributed by atoms with Crippen molar-refractivity contribution in [2.75, 3.05) is 29.9 Å². The Morgan fingerprint density at radius 2 is 1.39 bits per heavy atom. The van der Waals surface area contributed by atoms with Crippen LogP contribution in [0.5, 0.6) is 5.75 Å². The third-order valence-electron chi connectivity index (χ3n) is 6.41. The Labute approximate surface area is 221 Å². The Balaban J connectivity index is 0.00000648. The summed E-state index contributed by atoms with van der Waals surface area (Å²) in [6.45, 7) is 19.7. The van der Waals surface area contributed by atoms with E-state index < -0.39 is 0 Å². The summed E-state index contributed by atoms with van der Waals surface area (Å²) in [6.07, 6.45) is 7.26. The van der Waals surface area contributed by atoms with Crippen LogP contribution in [0.4, 0.5) is 11.4 Å². The lowest BCUT2D eigenvalue weighted by atomic mass is 9.97. The second-order valence-corrected chi connectivity index (χ2v) is 9.41. The molecule has 0 saturated heterocycles. The van der Waals surface area contributed by atoms with Crippen molar-refractivity contribution in [1.82, 2.24) is 0 Å². The maximum atomic E-state index is 10.3. The molecule has 0 aromatic heterocycles. The van der Waals surface area contributed by atoms with Gasteiger partial charge < -0.3 is 10.0 Å². The molecule has 0 atom stereocenters. The lowest BCUT2D eigenvalue weighted by Crippen LogP contribution is -2.32. The van der Waals surface area contributed by atoms with Gasteiger partial charge in [-0.25, -0.2) is 0 Å². The van der Waals surface area contributed by atoms with Gasteiger partial charge in [0.05, 0.1) is 5.69 Å². The molecule has 2 aromatic rings. The van der Waals surface area contributed by atoms with E-state index in [1.807, 2.05) is 13.1 Å². The number of phenols is 1. The van der Waals surface area contributed by atoms with Crippen molar-refractivity contribution >= 4 is 17.2 Å². The molecule has 200 valence electrons. The number of rotatable bonds is 13. The molecule has 0 aliphatic heterocycles. The van der Waals surface area contributed by atoms with E-state index in [9.17, 15) is 5.11 Å². The van der Waals surface area contributed by atoms with E-state index in [-0.39, 0.29) is 7.43 Å². The smallest absolute Gasteiger partial charge is 0.139 e. The number of allylic oxidation sites excluding steroid dienone is 1. The van der Waals surface area contributed by atoms with Crippen molar-refractivity contribution in [3.8, 4) is 5.75 Å². The molecule has 4 heteroatoms. The van der Waals surface area contributed by atoms with E-state index >= 15 is 0 Å². The van der Waals surface area contributed by atoms with Crippen molar-refractivity contribution < 1.29 is 5.11 Å². The van der Waals surface area contributed by atoms with Crippen molar-refractivity contribution in [3.05, 3.63) is 64.9 Å². The van der Waals surface area contributed by atoms with Crippen LogP contribution in [0.1, 0.15) is 96.9 Å². The molecule has 2 aromatic carbocycles. The minimum absolute atomic E-state index is 0. The topological polar surface area (TPSA) is 39.1 Å². The zero-order valence-electron chi connectivity index (χ0n) is 23.2. The maximum absolute atomic E-state index is 10.3. The van der Waals surface area contributed by atoms with Crippen LogP contribution in [0.15, 0.2) is 47.6 Å². The maximum Gasteiger partial charge on any atom is 0.139 e. The zero-order chi connectivity index (χ0) is 26.0. The predicted octanol–water partition coefficient (Wildman–Crippen LogP) is 8.54. The van der Waals surface area contributed by atoms with Gasteiger partial charge in [-0.2, -0.15) is 0 Å². The molecule has 1 N–H and O–H groups in total. The molecule has 0 fully saturated rings. The van der Waals surface area contributed by atoms with Crippen LogP contribution in [0.2, 0.25) is 0 Å². The van der Waals surface area contributed by atoms with E-state index in [2.05, 4.69) is 76.1 Å². The molecular weight excluding hydrogens is 442 g/mol. The van der Waals surface area contributed by atoms with Gasteiger partial charge >= 0.3 is 0 Å². The summed E-state index contributed by atoms with van der Waals surface area (Å²) in [5, 5.41) is 10.3. The predicted molar refractivity (Wildman–Crippen MR) is 161 cm³/mol. The normalized spacial score (nSPS) is 11.2. The monoisotopic (exact) mass is 493 g/mol. The number of amidine groups is 1. The molecular formula is C32H51N3O. The molecule has 0 spiro atoms. The Kier molecular flexibility index (Phi) is 13.4. The second kappa shape index (κ2) is 15.4. The highest BCUT2D eigenvalue weighted by Gasteiger charge is 2.23. The van der Waals surface area contributed by atoms with Crippen molar-refractivity contribution in [3.63, 3.8) is 0 Å². The molecule has 2 rings (SSSR count). The zero-order valence-corrected chi connectivity index (χ0v) is 23.2. The molecule has 0 heterocycles. The van der Waals surface area contributed by atoms with Crippen LogP contribution in [0.3, 0.4) is 0 Å². The summed E-state index contributed by atoms with van der Waals surface area (Å²) in [7, 11) is 1.84. The second-order valence-electron chi connectivity index (χ2n) is 9.41. The number of benzene rings is 2. The minimum atomic E-state index is 0. The Hall–Kier alpha value is -2.75. The van der Waals surface area contributed by atoms with Gasteiger partial charge in [-0.1, -0.05) is 61.5 Å².